The average molecular weight is 292 g/mol. The van der Waals surface area contributed by atoms with Crippen LogP contribution in [0.3, 0.4) is 0 Å². The van der Waals surface area contributed by atoms with Gasteiger partial charge in [0.05, 0.1) is 0 Å². The molecule has 0 fully saturated rings. The number of hydrogen-bond acceptors (Lipinski definition) is 0. The second-order valence-corrected chi connectivity index (χ2v) is 2.57. The van der Waals surface area contributed by atoms with Gasteiger partial charge in [-0.05, 0) is 25.6 Å². The number of thiol groups is 1. The Hall–Kier alpha value is 1.29. The largest absolute Gasteiger partial charge is 0.103 e. The molecule has 0 unspecified atom stereocenters. The predicted molar refractivity (Wildman–Crippen MR) is 29.8 cm³/mol. The zero-order valence-corrected chi connectivity index (χ0v) is 11.0. The van der Waals surface area contributed by atoms with E-state index in [9.17, 15) is 0 Å². The number of rotatable bonds is 2. The van der Waals surface area contributed by atoms with Gasteiger partial charge in [-0.25, -0.2) is 0 Å². The monoisotopic (exact) mass is 293 g/mol. The Kier molecular flexibility index (Phi) is 16.4. The molecule has 0 aromatic carbocycles. The van der Waals surface area contributed by atoms with Gasteiger partial charge < -0.3 is 0 Å². The van der Waals surface area contributed by atoms with E-state index in [0.29, 0.717) is 0 Å². The third-order valence-electron chi connectivity index (χ3n) is 0.447. The van der Waals surface area contributed by atoms with Crippen molar-refractivity contribution >= 4 is 11.8 Å². The molecule has 0 radical (unpaired) electrons. The maximum Gasteiger partial charge on any atom is 0.103 e. The molecular formula is C4H11HgS+. The fraction of sp³-hybridized carbons (Fsp3) is 1.00. The van der Waals surface area contributed by atoms with E-state index in [2.05, 4.69) is 13.8 Å². The van der Waals surface area contributed by atoms with Crippen molar-refractivity contribution in [3.63, 3.8) is 0 Å². The van der Waals surface area contributed by atoms with Crippen LogP contribution in [-0.4, -0.2) is 11.5 Å². The Morgan fingerprint density at radius 1 is 1.17 bits per heavy atom. The SMILES string of the molecule is CC[SH+]CC.[Hg]. The minimum Gasteiger partial charge on any atom is -0.0282 e. The summed E-state index contributed by atoms with van der Waals surface area (Å²) in [6.45, 7) is 4.40. The van der Waals surface area contributed by atoms with Crippen LogP contribution in [0.1, 0.15) is 13.8 Å². The molecule has 0 aliphatic carbocycles. The van der Waals surface area contributed by atoms with Gasteiger partial charge in [0, 0.05) is 27.7 Å². The summed E-state index contributed by atoms with van der Waals surface area (Å²) >= 11 is 1.58. The molecule has 34 valence electrons. The molecule has 0 rings (SSSR count). The van der Waals surface area contributed by atoms with E-state index >= 15 is 0 Å². The van der Waals surface area contributed by atoms with Crippen LogP contribution < -0.4 is 0 Å². The second kappa shape index (κ2) is 9.56. The Morgan fingerprint density at radius 3 is 1.50 bits per heavy atom. The van der Waals surface area contributed by atoms with Crippen molar-refractivity contribution < 1.29 is 27.7 Å². The molecule has 0 spiro atoms. The second-order valence-electron chi connectivity index (χ2n) is 0.856. The molecule has 0 amide bonds. The van der Waals surface area contributed by atoms with Crippen molar-refractivity contribution in [3.8, 4) is 0 Å². The molecule has 0 bridgehead atoms. The Morgan fingerprint density at radius 2 is 1.50 bits per heavy atom. The van der Waals surface area contributed by atoms with Crippen LogP contribution in [0.5, 0.6) is 0 Å². The first kappa shape index (κ1) is 10.3. The Labute approximate surface area is 64.6 Å². The van der Waals surface area contributed by atoms with Crippen molar-refractivity contribution in [2.45, 2.75) is 13.8 Å². The van der Waals surface area contributed by atoms with Crippen LogP contribution in [0.25, 0.3) is 0 Å². The van der Waals surface area contributed by atoms with Gasteiger partial charge in [0.1, 0.15) is 11.5 Å². The summed E-state index contributed by atoms with van der Waals surface area (Å²) in [4.78, 5) is 0. The van der Waals surface area contributed by atoms with Crippen molar-refractivity contribution in [3.05, 3.63) is 0 Å². The molecule has 6 heavy (non-hydrogen) atoms. The maximum absolute atomic E-state index is 2.20. The average Bonchev–Trinajstić information content (AvgIpc) is 1.41. The normalized spacial score (nSPS) is 7.00. The van der Waals surface area contributed by atoms with Gasteiger partial charge in [-0.1, -0.05) is 0 Å². The van der Waals surface area contributed by atoms with Gasteiger partial charge in [0.2, 0.25) is 0 Å². The van der Waals surface area contributed by atoms with E-state index in [4.69, 9.17) is 0 Å². The predicted octanol–water partition coefficient (Wildman–Crippen LogP) is 0.839. The van der Waals surface area contributed by atoms with Gasteiger partial charge in [0.25, 0.3) is 0 Å². The first-order valence-corrected chi connectivity index (χ1v) is 3.31. The minimum absolute atomic E-state index is 0. The summed E-state index contributed by atoms with van der Waals surface area (Å²) in [5.41, 5.74) is 0. The zero-order valence-electron chi connectivity index (χ0n) is 4.57. The topological polar surface area (TPSA) is 0 Å². The molecule has 0 aromatic heterocycles. The molecule has 0 aliphatic heterocycles. The molecule has 2 heteroatoms. The van der Waals surface area contributed by atoms with E-state index in [1.807, 2.05) is 0 Å². The van der Waals surface area contributed by atoms with E-state index in [1.54, 1.807) is 11.8 Å². The van der Waals surface area contributed by atoms with E-state index in [-0.39, 0.29) is 27.7 Å². The number of hydrogen-bond donors (Lipinski definition) is 0. The van der Waals surface area contributed by atoms with Gasteiger partial charge >= 0.3 is 0 Å². The van der Waals surface area contributed by atoms with E-state index in [0.717, 1.165) is 0 Å². The first-order valence-electron chi connectivity index (χ1n) is 2.05. The molecule has 0 atom stereocenters. The molecule has 0 saturated carbocycles. The van der Waals surface area contributed by atoms with Crippen LogP contribution in [0.2, 0.25) is 0 Å². The summed E-state index contributed by atoms with van der Waals surface area (Å²) in [6, 6.07) is 0. The fourth-order valence-electron chi connectivity index (χ4n) is 0.224. The third-order valence-corrected chi connectivity index (χ3v) is 1.34. The van der Waals surface area contributed by atoms with Crippen molar-refractivity contribution in [2.24, 2.45) is 0 Å². The zero-order chi connectivity index (χ0) is 4.12. The molecule has 0 saturated heterocycles. The van der Waals surface area contributed by atoms with Gasteiger partial charge in [-0.3, -0.25) is 0 Å². The van der Waals surface area contributed by atoms with Crippen LogP contribution in [-0.2, 0) is 39.4 Å². The van der Waals surface area contributed by atoms with Crippen molar-refractivity contribution in [1.82, 2.24) is 0 Å². The molecular weight excluding hydrogens is 281 g/mol. The van der Waals surface area contributed by atoms with E-state index < -0.39 is 0 Å². The van der Waals surface area contributed by atoms with E-state index in [1.165, 1.54) is 11.5 Å². The quantitative estimate of drug-likeness (QED) is 0.402. The third kappa shape index (κ3) is 8.99. The molecule has 0 nitrogen and oxygen atoms in total. The molecule has 0 aromatic rings. The summed E-state index contributed by atoms with van der Waals surface area (Å²) in [7, 11) is 0. The summed E-state index contributed by atoms with van der Waals surface area (Å²) in [5.74, 6) is 2.63. The summed E-state index contributed by atoms with van der Waals surface area (Å²) < 4.78 is 0. The molecule has 0 aliphatic rings. The van der Waals surface area contributed by atoms with Crippen LogP contribution in [0.4, 0.5) is 0 Å². The molecule has 0 heterocycles. The van der Waals surface area contributed by atoms with Gasteiger partial charge in [-0.2, -0.15) is 0 Å². The van der Waals surface area contributed by atoms with Crippen molar-refractivity contribution in [1.29, 1.82) is 0 Å². The van der Waals surface area contributed by atoms with Gasteiger partial charge in [0.15, 0.2) is 0 Å². The summed E-state index contributed by atoms with van der Waals surface area (Å²) in [5, 5.41) is 0. The summed E-state index contributed by atoms with van der Waals surface area (Å²) in [6.07, 6.45) is 0. The Balaban J connectivity index is 0. The van der Waals surface area contributed by atoms with Crippen LogP contribution in [0.15, 0.2) is 0 Å². The van der Waals surface area contributed by atoms with Crippen LogP contribution >= 0.6 is 0 Å². The molecule has 0 N–H and O–H groups in total. The van der Waals surface area contributed by atoms with Crippen molar-refractivity contribution in [2.75, 3.05) is 11.5 Å². The van der Waals surface area contributed by atoms with Crippen LogP contribution in [0, 0.1) is 0 Å². The standard InChI is InChI=1S/C4H10S.Hg/c1-3-5-4-2;/h3-4H2,1-2H3;/p+1. The maximum atomic E-state index is 2.20. The Bertz CT molecular complexity index is 15.0. The van der Waals surface area contributed by atoms with Gasteiger partial charge in [-0.15, -0.1) is 0 Å². The minimum atomic E-state index is 0. The first-order chi connectivity index (χ1) is 2.41. The fourth-order valence-corrected chi connectivity index (χ4v) is 0.671. The smallest absolute Gasteiger partial charge is 0.0282 e.